The Morgan fingerprint density at radius 2 is 1.75 bits per heavy atom. The van der Waals surface area contributed by atoms with Crippen LogP contribution in [0.15, 0.2) is 65.3 Å². The number of rotatable bonds is 4. The van der Waals surface area contributed by atoms with Crippen LogP contribution in [0.25, 0.3) is 6.08 Å². The van der Waals surface area contributed by atoms with Crippen molar-refractivity contribution in [3.63, 3.8) is 0 Å². The Kier molecular flexibility index (Phi) is 4.47. The summed E-state index contributed by atoms with van der Waals surface area (Å²) in [5, 5.41) is 5.86. The van der Waals surface area contributed by atoms with Crippen molar-refractivity contribution in [3.05, 3.63) is 65.7 Å². The number of hydrazone groups is 1. The van der Waals surface area contributed by atoms with E-state index in [2.05, 4.69) is 36.1 Å². The maximum absolute atomic E-state index is 12.7. The lowest BCUT2D eigenvalue weighted by Crippen LogP contribution is -2.21. The number of benzene rings is 2. The first-order valence-electron chi connectivity index (χ1n) is 8.08. The van der Waals surface area contributed by atoms with Gasteiger partial charge >= 0.3 is 0 Å². The highest BCUT2D eigenvalue weighted by Gasteiger charge is 2.28. The summed E-state index contributed by atoms with van der Waals surface area (Å²) in [6.45, 7) is 4.94. The van der Waals surface area contributed by atoms with Gasteiger partial charge in [0.05, 0.1) is 17.0 Å². The molecule has 0 aromatic heterocycles. The fraction of sp³-hybridized carbons (Fsp3) is 0.200. The van der Waals surface area contributed by atoms with Gasteiger partial charge in [-0.3, -0.25) is 4.79 Å². The third kappa shape index (κ3) is 3.08. The van der Waals surface area contributed by atoms with E-state index in [9.17, 15) is 4.79 Å². The molecular weight excluding hydrogens is 298 g/mol. The summed E-state index contributed by atoms with van der Waals surface area (Å²) in [6.07, 6.45) is 1.90. The Bertz CT molecular complexity index is 791. The average Bonchev–Trinajstić information content (AvgIpc) is 2.90. The average molecular weight is 319 g/mol. The fourth-order valence-corrected chi connectivity index (χ4v) is 2.60. The minimum Gasteiger partial charge on any atom is -0.375 e. The Morgan fingerprint density at radius 1 is 1.08 bits per heavy atom. The van der Waals surface area contributed by atoms with Crippen molar-refractivity contribution in [2.45, 2.75) is 13.8 Å². The molecule has 0 aliphatic carbocycles. The summed E-state index contributed by atoms with van der Waals surface area (Å²) < 4.78 is 0. The van der Waals surface area contributed by atoms with Crippen LogP contribution < -0.4 is 9.91 Å². The van der Waals surface area contributed by atoms with E-state index in [1.165, 1.54) is 5.01 Å². The van der Waals surface area contributed by atoms with Crippen molar-refractivity contribution in [1.82, 2.24) is 0 Å². The van der Waals surface area contributed by atoms with Crippen molar-refractivity contribution in [1.29, 1.82) is 0 Å². The number of carbonyl (C=O) groups excluding carboxylic acids is 1. The Labute approximate surface area is 142 Å². The summed E-state index contributed by atoms with van der Waals surface area (Å²) in [6, 6.07) is 17.7. The van der Waals surface area contributed by atoms with Gasteiger partial charge < -0.3 is 4.90 Å². The van der Waals surface area contributed by atoms with E-state index in [1.54, 1.807) is 0 Å². The van der Waals surface area contributed by atoms with Crippen molar-refractivity contribution >= 4 is 29.1 Å². The SMILES string of the molecule is CCN(C)c1ccc(C=C2C(=O)N(c3ccccc3)N=C2C)cc1. The van der Waals surface area contributed by atoms with Crippen LogP contribution in [0.2, 0.25) is 0 Å². The molecule has 0 bridgehead atoms. The second-order valence-electron chi connectivity index (χ2n) is 5.80. The van der Waals surface area contributed by atoms with Gasteiger partial charge in [0.25, 0.3) is 5.91 Å². The summed E-state index contributed by atoms with van der Waals surface area (Å²) in [7, 11) is 2.06. The molecule has 122 valence electrons. The van der Waals surface area contributed by atoms with E-state index >= 15 is 0 Å². The molecule has 0 fully saturated rings. The number of amides is 1. The van der Waals surface area contributed by atoms with E-state index < -0.39 is 0 Å². The molecule has 1 heterocycles. The third-order valence-electron chi connectivity index (χ3n) is 4.18. The predicted molar refractivity (Wildman–Crippen MR) is 100 cm³/mol. The minimum atomic E-state index is -0.0894. The third-order valence-corrected chi connectivity index (χ3v) is 4.18. The molecule has 4 nitrogen and oxygen atoms in total. The van der Waals surface area contributed by atoms with Crippen molar-refractivity contribution in [2.24, 2.45) is 5.10 Å². The van der Waals surface area contributed by atoms with Crippen molar-refractivity contribution in [2.75, 3.05) is 23.5 Å². The normalized spacial score (nSPS) is 15.8. The summed E-state index contributed by atoms with van der Waals surface area (Å²) >= 11 is 0. The molecule has 0 N–H and O–H groups in total. The molecule has 24 heavy (non-hydrogen) atoms. The number of nitrogens with zero attached hydrogens (tertiary/aromatic N) is 3. The summed E-state index contributed by atoms with van der Waals surface area (Å²) in [4.78, 5) is 14.8. The van der Waals surface area contributed by atoms with E-state index in [4.69, 9.17) is 0 Å². The van der Waals surface area contributed by atoms with E-state index in [0.717, 1.165) is 29.2 Å². The smallest absolute Gasteiger partial charge is 0.280 e. The summed E-state index contributed by atoms with van der Waals surface area (Å²) in [5.74, 6) is -0.0894. The fourth-order valence-electron chi connectivity index (χ4n) is 2.60. The molecule has 0 radical (unpaired) electrons. The van der Waals surface area contributed by atoms with Gasteiger partial charge in [0.15, 0.2) is 0 Å². The van der Waals surface area contributed by atoms with Crippen LogP contribution >= 0.6 is 0 Å². The van der Waals surface area contributed by atoms with Crippen molar-refractivity contribution in [3.8, 4) is 0 Å². The monoisotopic (exact) mass is 319 g/mol. The molecule has 0 saturated heterocycles. The van der Waals surface area contributed by atoms with Crippen LogP contribution in [0.3, 0.4) is 0 Å². The lowest BCUT2D eigenvalue weighted by molar-refractivity contribution is -0.114. The van der Waals surface area contributed by atoms with Gasteiger partial charge in [-0.2, -0.15) is 10.1 Å². The number of carbonyl (C=O) groups is 1. The number of para-hydroxylation sites is 1. The Morgan fingerprint density at radius 3 is 2.38 bits per heavy atom. The highest BCUT2D eigenvalue weighted by molar-refractivity contribution is 6.32. The molecule has 1 aliphatic heterocycles. The second-order valence-corrected chi connectivity index (χ2v) is 5.80. The molecule has 1 aliphatic rings. The molecule has 0 saturated carbocycles. The van der Waals surface area contributed by atoms with Gasteiger partial charge in [0.1, 0.15) is 0 Å². The quantitative estimate of drug-likeness (QED) is 0.800. The van der Waals surface area contributed by atoms with Crippen LogP contribution in [0.1, 0.15) is 19.4 Å². The predicted octanol–water partition coefficient (Wildman–Crippen LogP) is 3.95. The van der Waals surface area contributed by atoms with E-state index in [-0.39, 0.29) is 5.91 Å². The minimum absolute atomic E-state index is 0.0894. The van der Waals surface area contributed by atoms with Crippen LogP contribution in [-0.2, 0) is 4.79 Å². The zero-order chi connectivity index (χ0) is 17.1. The van der Waals surface area contributed by atoms with Gasteiger partial charge in [-0.15, -0.1) is 0 Å². The molecule has 0 unspecified atom stereocenters. The molecule has 1 amide bonds. The molecule has 3 rings (SSSR count). The number of hydrogen-bond acceptors (Lipinski definition) is 3. The zero-order valence-electron chi connectivity index (χ0n) is 14.2. The first kappa shape index (κ1) is 16.0. The van der Waals surface area contributed by atoms with Gasteiger partial charge in [-0.25, -0.2) is 0 Å². The van der Waals surface area contributed by atoms with E-state index in [1.807, 2.05) is 55.5 Å². The number of hydrogen-bond donors (Lipinski definition) is 0. The number of anilines is 2. The molecule has 2 aromatic carbocycles. The molecule has 0 atom stereocenters. The topological polar surface area (TPSA) is 35.9 Å². The van der Waals surface area contributed by atoms with Gasteiger partial charge in [0.2, 0.25) is 0 Å². The Hall–Kier alpha value is -2.88. The molecular formula is C20H21N3O. The van der Waals surface area contributed by atoms with E-state index in [0.29, 0.717) is 5.57 Å². The van der Waals surface area contributed by atoms with Gasteiger partial charge in [-0.05, 0) is 49.8 Å². The summed E-state index contributed by atoms with van der Waals surface area (Å²) in [5.41, 5.74) is 4.31. The van der Waals surface area contributed by atoms with Crippen molar-refractivity contribution < 1.29 is 4.79 Å². The molecule has 0 spiro atoms. The molecule has 4 heteroatoms. The lowest BCUT2D eigenvalue weighted by Gasteiger charge is -2.16. The first-order chi connectivity index (χ1) is 11.6. The second kappa shape index (κ2) is 6.71. The standard InChI is InChI=1S/C20H21N3O/c1-4-22(3)17-12-10-16(11-13-17)14-19-15(2)21-23(20(19)24)18-8-6-5-7-9-18/h5-14H,4H2,1-3H3. The zero-order valence-corrected chi connectivity index (χ0v) is 14.2. The maximum Gasteiger partial charge on any atom is 0.280 e. The van der Waals surface area contributed by atoms with Crippen LogP contribution in [0.4, 0.5) is 11.4 Å². The van der Waals surface area contributed by atoms with Gasteiger partial charge in [0, 0.05) is 19.3 Å². The van der Waals surface area contributed by atoms with Gasteiger partial charge in [-0.1, -0.05) is 30.3 Å². The van der Waals surface area contributed by atoms with Crippen LogP contribution in [0.5, 0.6) is 0 Å². The first-order valence-corrected chi connectivity index (χ1v) is 8.08. The van der Waals surface area contributed by atoms with Crippen LogP contribution in [-0.4, -0.2) is 25.2 Å². The largest absolute Gasteiger partial charge is 0.375 e. The highest BCUT2D eigenvalue weighted by atomic mass is 16.2. The van der Waals surface area contributed by atoms with Crippen LogP contribution in [0, 0.1) is 0 Å². The highest BCUT2D eigenvalue weighted by Crippen LogP contribution is 2.25. The lowest BCUT2D eigenvalue weighted by atomic mass is 10.1. The maximum atomic E-state index is 12.7. The Balaban J connectivity index is 1.86. The molecule has 2 aromatic rings.